The molecule has 7 nitrogen and oxygen atoms in total. The fourth-order valence-electron chi connectivity index (χ4n) is 4.04. The predicted octanol–water partition coefficient (Wildman–Crippen LogP) is 1.08. The molecule has 0 saturated carbocycles. The number of hydrogen-bond donors (Lipinski definition) is 1. The third kappa shape index (κ3) is 2.89. The summed E-state index contributed by atoms with van der Waals surface area (Å²) in [5.74, 6) is -1.04. The van der Waals surface area contributed by atoms with Gasteiger partial charge in [0.05, 0.1) is 30.6 Å². The second kappa shape index (κ2) is 6.48. The molecule has 1 aromatic carbocycles. The van der Waals surface area contributed by atoms with Gasteiger partial charge in [0.2, 0.25) is 11.8 Å². The zero-order valence-corrected chi connectivity index (χ0v) is 13.7. The van der Waals surface area contributed by atoms with Crippen LogP contribution in [-0.4, -0.2) is 48.2 Å². The largest absolute Gasteiger partial charge is 0.448 e. The van der Waals surface area contributed by atoms with Crippen LogP contribution in [0.15, 0.2) is 30.3 Å². The molecular weight excluding hydrogens is 324 g/mol. The van der Waals surface area contributed by atoms with E-state index in [1.807, 2.05) is 30.3 Å². The van der Waals surface area contributed by atoms with Crippen molar-refractivity contribution < 1.29 is 23.9 Å². The number of amides is 3. The minimum absolute atomic E-state index is 0.00622. The Balaban J connectivity index is 1.24. The molecule has 3 fully saturated rings. The highest BCUT2D eigenvalue weighted by atomic mass is 16.5. The average Bonchev–Trinajstić information content (AvgIpc) is 3.30. The lowest BCUT2D eigenvalue weighted by atomic mass is 9.81. The maximum absolute atomic E-state index is 12.4. The van der Waals surface area contributed by atoms with E-state index in [0.29, 0.717) is 6.54 Å². The van der Waals surface area contributed by atoms with Crippen LogP contribution in [-0.2, 0) is 25.6 Å². The third-order valence-electron chi connectivity index (χ3n) is 5.20. The van der Waals surface area contributed by atoms with Gasteiger partial charge in [-0.3, -0.25) is 14.5 Å². The van der Waals surface area contributed by atoms with E-state index >= 15 is 0 Å². The second-order valence-electron chi connectivity index (χ2n) is 6.65. The summed E-state index contributed by atoms with van der Waals surface area (Å²) in [6, 6.07) is 9.48. The van der Waals surface area contributed by atoms with Crippen LogP contribution in [0.2, 0.25) is 0 Å². The maximum Gasteiger partial charge on any atom is 0.407 e. The molecule has 0 aliphatic carbocycles. The molecule has 7 heteroatoms. The van der Waals surface area contributed by atoms with Crippen molar-refractivity contribution in [2.75, 3.05) is 13.2 Å². The highest BCUT2D eigenvalue weighted by Gasteiger charge is 2.62. The minimum Gasteiger partial charge on any atom is -0.448 e. The van der Waals surface area contributed by atoms with Gasteiger partial charge in [-0.2, -0.15) is 0 Å². The molecule has 4 rings (SSSR count). The summed E-state index contributed by atoms with van der Waals surface area (Å²) in [5.41, 5.74) is 0.965. The first-order valence-corrected chi connectivity index (χ1v) is 8.60. The Bertz CT molecular complexity index is 664. The van der Waals surface area contributed by atoms with E-state index in [9.17, 15) is 14.4 Å². The Morgan fingerprint density at radius 1 is 1.12 bits per heavy atom. The Hall–Kier alpha value is -2.41. The molecule has 0 radical (unpaired) electrons. The van der Waals surface area contributed by atoms with E-state index in [-0.39, 0.29) is 49.0 Å². The van der Waals surface area contributed by atoms with E-state index in [0.717, 1.165) is 18.4 Å². The highest BCUT2D eigenvalue weighted by molar-refractivity contribution is 6.06. The highest BCUT2D eigenvalue weighted by Crippen LogP contribution is 2.48. The van der Waals surface area contributed by atoms with Crippen molar-refractivity contribution in [3.05, 3.63) is 35.9 Å². The van der Waals surface area contributed by atoms with Gasteiger partial charge in [-0.25, -0.2) is 4.79 Å². The first-order valence-electron chi connectivity index (χ1n) is 8.60. The Morgan fingerprint density at radius 3 is 2.40 bits per heavy atom. The summed E-state index contributed by atoms with van der Waals surface area (Å²) in [5, 5.41) is 2.64. The lowest BCUT2D eigenvalue weighted by Crippen LogP contribution is -2.37. The number of likely N-dealkylation sites (tertiary alicyclic amines) is 1. The van der Waals surface area contributed by atoms with Crippen molar-refractivity contribution >= 4 is 17.9 Å². The van der Waals surface area contributed by atoms with Crippen LogP contribution in [0.1, 0.15) is 18.4 Å². The monoisotopic (exact) mass is 344 g/mol. The molecule has 25 heavy (non-hydrogen) atoms. The SMILES string of the molecule is O=C(NCc1ccccc1)OCCN1C(=O)C2C3CCC(O3)C2C1=O. The molecule has 3 saturated heterocycles. The molecule has 3 amide bonds. The van der Waals surface area contributed by atoms with Crippen molar-refractivity contribution in [2.24, 2.45) is 11.8 Å². The number of imide groups is 1. The van der Waals surface area contributed by atoms with Crippen LogP contribution >= 0.6 is 0 Å². The number of carbonyl (C=O) groups excluding carboxylic acids is 3. The van der Waals surface area contributed by atoms with Gasteiger partial charge in [0.15, 0.2) is 0 Å². The smallest absolute Gasteiger partial charge is 0.407 e. The molecule has 1 aromatic rings. The molecule has 3 aliphatic rings. The summed E-state index contributed by atoms with van der Waals surface area (Å²) in [6.07, 6.45) is 0.887. The predicted molar refractivity (Wildman–Crippen MR) is 86.2 cm³/mol. The quantitative estimate of drug-likeness (QED) is 0.808. The van der Waals surface area contributed by atoms with Crippen LogP contribution in [0.3, 0.4) is 0 Å². The van der Waals surface area contributed by atoms with Crippen LogP contribution in [0.25, 0.3) is 0 Å². The number of carbonyl (C=O) groups is 3. The van der Waals surface area contributed by atoms with Gasteiger partial charge < -0.3 is 14.8 Å². The van der Waals surface area contributed by atoms with Gasteiger partial charge in [0, 0.05) is 6.54 Å². The third-order valence-corrected chi connectivity index (χ3v) is 5.20. The maximum atomic E-state index is 12.4. The molecule has 4 unspecified atom stereocenters. The number of rotatable bonds is 5. The molecule has 2 bridgehead atoms. The summed E-state index contributed by atoms with van der Waals surface area (Å²) in [7, 11) is 0. The molecular formula is C18H20N2O5. The van der Waals surface area contributed by atoms with Gasteiger partial charge in [-0.05, 0) is 18.4 Å². The first kappa shape index (κ1) is 16.1. The van der Waals surface area contributed by atoms with Crippen molar-refractivity contribution in [3.8, 4) is 0 Å². The number of nitrogens with zero attached hydrogens (tertiary/aromatic N) is 1. The van der Waals surface area contributed by atoms with Crippen LogP contribution in [0.4, 0.5) is 4.79 Å². The van der Waals surface area contributed by atoms with Crippen molar-refractivity contribution in [1.82, 2.24) is 10.2 Å². The van der Waals surface area contributed by atoms with Crippen molar-refractivity contribution in [1.29, 1.82) is 0 Å². The summed E-state index contributed by atoms with van der Waals surface area (Å²) >= 11 is 0. The topological polar surface area (TPSA) is 84.9 Å². The number of hydrogen-bond acceptors (Lipinski definition) is 5. The van der Waals surface area contributed by atoms with Crippen molar-refractivity contribution in [3.63, 3.8) is 0 Å². The van der Waals surface area contributed by atoms with E-state index in [1.165, 1.54) is 4.90 Å². The van der Waals surface area contributed by atoms with E-state index < -0.39 is 6.09 Å². The number of alkyl carbamates (subject to hydrolysis) is 1. The number of benzene rings is 1. The molecule has 3 aliphatic heterocycles. The summed E-state index contributed by atoms with van der Waals surface area (Å²) in [6.45, 7) is 0.461. The summed E-state index contributed by atoms with van der Waals surface area (Å²) < 4.78 is 10.8. The van der Waals surface area contributed by atoms with E-state index in [4.69, 9.17) is 9.47 Å². The number of ether oxygens (including phenoxy) is 2. The fourth-order valence-corrected chi connectivity index (χ4v) is 4.04. The number of nitrogens with one attached hydrogen (secondary N) is 1. The second-order valence-corrected chi connectivity index (χ2v) is 6.65. The molecule has 0 spiro atoms. The Kier molecular flexibility index (Phi) is 4.17. The lowest BCUT2D eigenvalue weighted by molar-refractivity contribution is -0.143. The van der Waals surface area contributed by atoms with Gasteiger partial charge in [-0.15, -0.1) is 0 Å². The fraction of sp³-hybridized carbons (Fsp3) is 0.500. The van der Waals surface area contributed by atoms with Gasteiger partial charge in [0.1, 0.15) is 6.61 Å². The van der Waals surface area contributed by atoms with Gasteiger partial charge in [0.25, 0.3) is 0 Å². The van der Waals surface area contributed by atoms with Crippen LogP contribution < -0.4 is 5.32 Å². The minimum atomic E-state index is -0.563. The van der Waals surface area contributed by atoms with Crippen LogP contribution in [0.5, 0.6) is 0 Å². The average molecular weight is 344 g/mol. The molecule has 132 valence electrons. The standard InChI is InChI=1S/C18H20N2O5/c21-16-14-12-6-7-13(25-12)15(14)17(22)20(16)8-9-24-18(23)19-10-11-4-2-1-3-5-11/h1-5,12-15H,6-10H2,(H,19,23). The molecule has 1 N–H and O–H groups in total. The van der Waals surface area contributed by atoms with Crippen LogP contribution in [0, 0.1) is 11.8 Å². The first-order chi connectivity index (χ1) is 12.1. The van der Waals surface area contributed by atoms with E-state index in [2.05, 4.69) is 5.32 Å². The number of fused-ring (bicyclic) bond motifs is 5. The zero-order valence-electron chi connectivity index (χ0n) is 13.7. The molecule has 4 atom stereocenters. The molecule has 0 aromatic heterocycles. The zero-order chi connectivity index (χ0) is 17.4. The van der Waals surface area contributed by atoms with E-state index in [1.54, 1.807) is 0 Å². The van der Waals surface area contributed by atoms with Crippen molar-refractivity contribution in [2.45, 2.75) is 31.6 Å². The Morgan fingerprint density at radius 2 is 1.76 bits per heavy atom. The summed E-state index contributed by atoms with van der Waals surface area (Å²) in [4.78, 5) is 37.8. The van der Waals surface area contributed by atoms with Gasteiger partial charge in [-0.1, -0.05) is 30.3 Å². The lowest BCUT2D eigenvalue weighted by Gasteiger charge is -2.17. The van der Waals surface area contributed by atoms with Gasteiger partial charge >= 0.3 is 6.09 Å². The Labute approximate surface area is 145 Å². The normalized spacial score (nSPS) is 29.8. The molecule has 3 heterocycles.